The minimum absolute atomic E-state index is 0.00757. The summed E-state index contributed by atoms with van der Waals surface area (Å²) in [5, 5.41) is 8.56. The van der Waals surface area contributed by atoms with Gasteiger partial charge in [-0.15, -0.1) is 0 Å². The van der Waals surface area contributed by atoms with Gasteiger partial charge in [0.2, 0.25) is 0 Å². The third-order valence-electron chi connectivity index (χ3n) is 1.60. The number of hydrogen-bond acceptors (Lipinski definition) is 2. The lowest BCUT2D eigenvalue weighted by Crippen LogP contribution is -2.24. The molecule has 0 bridgehead atoms. The quantitative estimate of drug-likeness (QED) is 0.651. The van der Waals surface area contributed by atoms with Crippen molar-refractivity contribution >= 4 is 0 Å². The van der Waals surface area contributed by atoms with E-state index in [1.54, 1.807) is 17.0 Å². The molecular formula is C7H12N2O2. The van der Waals surface area contributed by atoms with Gasteiger partial charge in [-0.3, -0.25) is 9.13 Å². The van der Waals surface area contributed by atoms with E-state index in [0.29, 0.717) is 13.1 Å². The Morgan fingerprint density at radius 2 is 2.09 bits per heavy atom. The summed E-state index contributed by atoms with van der Waals surface area (Å²) in [7, 11) is 0. The van der Waals surface area contributed by atoms with Gasteiger partial charge in [0.15, 0.2) is 0 Å². The van der Waals surface area contributed by atoms with Crippen molar-refractivity contribution in [1.29, 1.82) is 0 Å². The molecule has 1 aromatic heterocycles. The number of rotatable bonds is 3. The summed E-state index contributed by atoms with van der Waals surface area (Å²) in [6, 6.07) is 0. The number of nitrogens with zero attached hydrogens (tertiary/aromatic N) is 2. The van der Waals surface area contributed by atoms with Gasteiger partial charge in [-0.1, -0.05) is 0 Å². The number of imidazole rings is 1. The minimum Gasteiger partial charge on any atom is -0.395 e. The first-order chi connectivity index (χ1) is 5.29. The Bertz CT molecular complexity index is 274. The third-order valence-corrected chi connectivity index (χ3v) is 1.60. The molecule has 1 rings (SSSR count). The smallest absolute Gasteiger partial charge is 0.328 e. The molecule has 0 saturated carbocycles. The molecule has 0 aliphatic carbocycles. The molecule has 0 atom stereocenters. The Hall–Kier alpha value is -1.03. The molecule has 0 radical (unpaired) electrons. The predicted octanol–water partition coefficient (Wildman–Crippen LogP) is -0.338. The van der Waals surface area contributed by atoms with E-state index in [1.807, 2.05) is 6.92 Å². The molecule has 0 aliphatic heterocycles. The molecule has 0 spiro atoms. The van der Waals surface area contributed by atoms with E-state index in [2.05, 4.69) is 0 Å². The molecule has 0 amide bonds. The number of aromatic nitrogens is 2. The zero-order valence-electron chi connectivity index (χ0n) is 6.53. The number of aliphatic hydroxyl groups excluding tert-OH is 1. The van der Waals surface area contributed by atoms with E-state index < -0.39 is 0 Å². The maximum absolute atomic E-state index is 11.2. The highest BCUT2D eigenvalue weighted by molar-refractivity contribution is 4.80. The lowest BCUT2D eigenvalue weighted by molar-refractivity contribution is 0.273. The van der Waals surface area contributed by atoms with Crippen molar-refractivity contribution in [2.45, 2.75) is 20.0 Å². The van der Waals surface area contributed by atoms with Gasteiger partial charge < -0.3 is 5.11 Å². The van der Waals surface area contributed by atoms with E-state index in [-0.39, 0.29) is 12.3 Å². The number of aliphatic hydroxyl groups is 1. The molecule has 0 fully saturated rings. The van der Waals surface area contributed by atoms with Crippen molar-refractivity contribution in [3.8, 4) is 0 Å². The average Bonchev–Trinajstić information content (AvgIpc) is 2.34. The predicted molar refractivity (Wildman–Crippen MR) is 41.5 cm³/mol. The van der Waals surface area contributed by atoms with E-state index in [1.165, 1.54) is 4.57 Å². The monoisotopic (exact) mass is 156 g/mol. The Morgan fingerprint density at radius 3 is 2.55 bits per heavy atom. The van der Waals surface area contributed by atoms with E-state index >= 15 is 0 Å². The van der Waals surface area contributed by atoms with Crippen molar-refractivity contribution in [3.63, 3.8) is 0 Å². The molecule has 0 unspecified atom stereocenters. The summed E-state index contributed by atoms with van der Waals surface area (Å²) < 4.78 is 3.08. The van der Waals surface area contributed by atoms with Crippen LogP contribution in [0.25, 0.3) is 0 Å². The van der Waals surface area contributed by atoms with Gasteiger partial charge in [-0.2, -0.15) is 0 Å². The van der Waals surface area contributed by atoms with E-state index in [0.717, 1.165) is 0 Å². The first kappa shape index (κ1) is 8.07. The zero-order valence-corrected chi connectivity index (χ0v) is 6.53. The molecule has 1 aromatic rings. The highest BCUT2D eigenvalue weighted by Crippen LogP contribution is 1.83. The van der Waals surface area contributed by atoms with Crippen LogP contribution in [0, 0.1) is 0 Å². The van der Waals surface area contributed by atoms with Gasteiger partial charge in [-0.05, 0) is 6.92 Å². The van der Waals surface area contributed by atoms with Gasteiger partial charge in [0.25, 0.3) is 0 Å². The second-order valence-corrected chi connectivity index (χ2v) is 2.28. The molecule has 1 heterocycles. The summed E-state index contributed by atoms with van der Waals surface area (Å²) in [6.45, 7) is 2.97. The minimum atomic E-state index is -0.0541. The van der Waals surface area contributed by atoms with Crippen molar-refractivity contribution in [3.05, 3.63) is 22.9 Å². The maximum atomic E-state index is 11.2. The van der Waals surface area contributed by atoms with Gasteiger partial charge in [0.1, 0.15) is 0 Å². The zero-order chi connectivity index (χ0) is 8.27. The molecule has 4 nitrogen and oxygen atoms in total. The normalized spacial score (nSPS) is 10.4. The summed E-state index contributed by atoms with van der Waals surface area (Å²) in [6.07, 6.45) is 3.40. The Labute approximate surface area is 64.7 Å². The van der Waals surface area contributed by atoms with Gasteiger partial charge >= 0.3 is 5.69 Å². The fraction of sp³-hybridized carbons (Fsp3) is 0.571. The molecule has 4 heteroatoms. The summed E-state index contributed by atoms with van der Waals surface area (Å²) in [5.74, 6) is 0. The second kappa shape index (κ2) is 3.39. The van der Waals surface area contributed by atoms with Crippen LogP contribution in [0.4, 0.5) is 0 Å². The largest absolute Gasteiger partial charge is 0.395 e. The molecule has 62 valence electrons. The summed E-state index contributed by atoms with van der Waals surface area (Å²) >= 11 is 0. The van der Waals surface area contributed by atoms with Crippen molar-refractivity contribution in [2.75, 3.05) is 6.61 Å². The van der Waals surface area contributed by atoms with Crippen molar-refractivity contribution in [1.82, 2.24) is 9.13 Å². The summed E-state index contributed by atoms with van der Waals surface area (Å²) in [5.41, 5.74) is -0.0541. The van der Waals surface area contributed by atoms with Gasteiger partial charge in [0, 0.05) is 18.9 Å². The fourth-order valence-electron chi connectivity index (χ4n) is 0.972. The fourth-order valence-corrected chi connectivity index (χ4v) is 0.972. The first-order valence-electron chi connectivity index (χ1n) is 3.66. The van der Waals surface area contributed by atoms with E-state index in [9.17, 15) is 4.79 Å². The molecule has 1 N–H and O–H groups in total. The SMILES string of the molecule is CCn1ccn(CCO)c1=O. The summed E-state index contributed by atoms with van der Waals surface area (Å²) in [4.78, 5) is 11.2. The lowest BCUT2D eigenvalue weighted by atomic mass is 10.7. The highest BCUT2D eigenvalue weighted by Gasteiger charge is 1.98. The van der Waals surface area contributed by atoms with Crippen molar-refractivity contribution in [2.24, 2.45) is 0 Å². The van der Waals surface area contributed by atoms with E-state index in [4.69, 9.17) is 5.11 Å². The molecule has 0 aliphatic rings. The number of aryl methyl sites for hydroxylation is 1. The van der Waals surface area contributed by atoms with Crippen LogP contribution in [0.5, 0.6) is 0 Å². The lowest BCUT2D eigenvalue weighted by Gasteiger charge is -1.95. The Balaban J connectivity index is 2.92. The first-order valence-corrected chi connectivity index (χ1v) is 3.66. The Morgan fingerprint density at radius 1 is 1.45 bits per heavy atom. The third kappa shape index (κ3) is 1.51. The van der Waals surface area contributed by atoms with Crippen LogP contribution in [0.3, 0.4) is 0 Å². The Kier molecular flexibility index (Phi) is 2.48. The van der Waals surface area contributed by atoms with Crippen molar-refractivity contribution < 1.29 is 5.11 Å². The number of hydrogen-bond donors (Lipinski definition) is 1. The molecule has 0 saturated heterocycles. The van der Waals surface area contributed by atoms with Crippen LogP contribution in [0.15, 0.2) is 17.2 Å². The van der Waals surface area contributed by atoms with Crippen LogP contribution in [0.1, 0.15) is 6.92 Å². The van der Waals surface area contributed by atoms with Gasteiger partial charge in [0.05, 0.1) is 13.2 Å². The highest BCUT2D eigenvalue weighted by atomic mass is 16.3. The topological polar surface area (TPSA) is 47.2 Å². The van der Waals surface area contributed by atoms with Crippen LogP contribution < -0.4 is 5.69 Å². The average molecular weight is 156 g/mol. The standard InChI is InChI=1S/C7H12N2O2/c1-2-8-3-4-9(5-6-10)7(8)11/h3-4,10H,2,5-6H2,1H3. The molecular weight excluding hydrogens is 144 g/mol. The molecule has 11 heavy (non-hydrogen) atoms. The van der Waals surface area contributed by atoms with Crippen LogP contribution in [-0.4, -0.2) is 20.8 Å². The second-order valence-electron chi connectivity index (χ2n) is 2.28. The van der Waals surface area contributed by atoms with Crippen LogP contribution in [-0.2, 0) is 13.1 Å². The maximum Gasteiger partial charge on any atom is 0.328 e. The van der Waals surface area contributed by atoms with Gasteiger partial charge in [-0.25, -0.2) is 4.79 Å². The van der Waals surface area contributed by atoms with Crippen LogP contribution >= 0.6 is 0 Å². The molecule has 0 aromatic carbocycles. The van der Waals surface area contributed by atoms with Crippen LogP contribution in [0.2, 0.25) is 0 Å².